The summed E-state index contributed by atoms with van der Waals surface area (Å²) in [5, 5.41) is 0. The molecule has 4 aliphatic rings. The minimum absolute atomic E-state index is 0.0760. The number of ether oxygens (including phenoxy) is 2. The molecule has 0 amide bonds. The lowest BCUT2D eigenvalue weighted by atomic mass is 9.31. The van der Waals surface area contributed by atoms with Crippen LogP contribution in [-0.4, -0.2) is 13.4 Å². The van der Waals surface area contributed by atoms with Gasteiger partial charge >= 0.3 is 0 Å². The first-order chi connectivity index (χ1) is 40.5. The van der Waals surface area contributed by atoms with E-state index in [2.05, 4.69) is 302 Å². The number of anilines is 9. The highest BCUT2D eigenvalue weighted by Crippen LogP contribution is 2.50. The highest BCUT2D eigenvalue weighted by molar-refractivity contribution is 8.00. The zero-order valence-corrected chi connectivity index (χ0v) is 46.0. The summed E-state index contributed by atoms with van der Waals surface area (Å²) in [5.74, 6) is 3.10. The molecule has 0 atom stereocenters. The number of nitrogens with zero attached hydrogens (tertiary/aromatic N) is 3. The van der Waals surface area contributed by atoms with Crippen LogP contribution in [0.25, 0.3) is 22.3 Å². The van der Waals surface area contributed by atoms with Crippen LogP contribution in [0, 0.1) is 13.8 Å². The molecular weight excluding hydrogens is 1020 g/mol. The number of aryl methyl sites for hydroxylation is 2. The van der Waals surface area contributed by atoms with E-state index in [1.54, 1.807) is 0 Å². The van der Waals surface area contributed by atoms with Crippen LogP contribution >= 0.6 is 11.8 Å². The van der Waals surface area contributed by atoms with Crippen molar-refractivity contribution in [1.82, 2.24) is 0 Å². The van der Waals surface area contributed by atoms with E-state index in [9.17, 15) is 0 Å². The summed E-state index contributed by atoms with van der Waals surface area (Å²) < 4.78 is 14.2. The van der Waals surface area contributed by atoms with Crippen molar-refractivity contribution >= 4 is 109 Å². The lowest BCUT2D eigenvalue weighted by Crippen LogP contribution is -2.64. The molecule has 0 spiro atoms. The molecule has 12 aromatic rings. The van der Waals surface area contributed by atoms with Gasteiger partial charge in [-0.3, -0.25) is 0 Å². The van der Waals surface area contributed by atoms with Crippen LogP contribution < -0.4 is 57.0 Å². The van der Waals surface area contributed by atoms with Crippen molar-refractivity contribution in [3.63, 3.8) is 0 Å². The van der Waals surface area contributed by atoms with E-state index < -0.39 is 0 Å². The maximum atomic E-state index is 7.14. The number of para-hydroxylation sites is 3. The molecule has 0 aromatic heterocycles. The average Bonchev–Trinajstić information content (AvgIpc) is 1.48. The van der Waals surface area contributed by atoms with Gasteiger partial charge in [-0.2, -0.15) is 0 Å². The van der Waals surface area contributed by atoms with Crippen LogP contribution in [0.5, 0.6) is 23.0 Å². The van der Waals surface area contributed by atoms with Crippen molar-refractivity contribution in [2.45, 2.75) is 23.6 Å². The average molecular weight is 1070 g/mol. The van der Waals surface area contributed by atoms with Crippen LogP contribution in [0.3, 0.4) is 0 Å². The number of rotatable bonds is 9. The monoisotopic (exact) mass is 1070 g/mol. The van der Waals surface area contributed by atoms with Crippen molar-refractivity contribution in [2.24, 2.45) is 0 Å². The molecule has 16 rings (SSSR count). The third-order valence-electron chi connectivity index (χ3n) is 16.6. The third kappa shape index (κ3) is 8.04. The molecule has 5 nitrogen and oxygen atoms in total. The fourth-order valence-electron chi connectivity index (χ4n) is 13.1. The quantitative estimate of drug-likeness (QED) is 0.134. The Labute approximate surface area is 483 Å². The summed E-state index contributed by atoms with van der Waals surface area (Å²) in [4.78, 5) is 9.81. The fraction of sp³-hybridized carbons (Fsp3) is 0.0270. The summed E-state index contributed by atoms with van der Waals surface area (Å²) in [7, 11) is 0. The Kier molecular flexibility index (Phi) is 11.4. The molecule has 0 saturated carbocycles. The summed E-state index contributed by atoms with van der Waals surface area (Å²) >= 11 is 1.85. The van der Waals surface area contributed by atoms with Gasteiger partial charge in [0.05, 0.1) is 0 Å². The molecule has 0 unspecified atom stereocenters. The molecule has 386 valence electrons. The van der Waals surface area contributed by atoms with Gasteiger partial charge in [0.2, 0.25) is 6.71 Å². The molecule has 0 saturated heterocycles. The molecule has 0 aliphatic carbocycles. The second-order valence-corrected chi connectivity index (χ2v) is 22.9. The zero-order valence-electron chi connectivity index (χ0n) is 45.2. The van der Waals surface area contributed by atoms with Crippen LogP contribution in [0.4, 0.5) is 51.2 Å². The Morgan fingerprint density at radius 3 is 1.16 bits per heavy atom. The smallest absolute Gasteiger partial charge is 0.252 e. The molecule has 0 bridgehead atoms. The fourth-order valence-corrected chi connectivity index (χ4v) is 14.3. The standard InChI is InChI=1S/C74H51B2N3O2S/c1-48-34-36-61-65(38-48)77(54-26-12-5-13-27-54)68-42-59(80-57-32-18-24-52(40-57)50-20-8-3-9-21-50)43-69-73(68)75(61)63-46-64-71(47-67(63)79(69)56-30-16-7-17-31-56)82-72-45-60(81-58-33-19-25-53(41-58)51-22-10-4-11-23-51)44-70-74(72)76(64)62-37-35-49(2)39-66(62)78(70)55-28-14-6-15-29-55/h3-47H,1-2H3. The zero-order chi connectivity index (χ0) is 54.4. The van der Waals surface area contributed by atoms with Gasteiger partial charge in [0.25, 0.3) is 6.71 Å². The highest BCUT2D eigenvalue weighted by Gasteiger charge is 2.47. The van der Waals surface area contributed by atoms with E-state index in [1.165, 1.54) is 59.4 Å². The number of hydrogen-bond donors (Lipinski definition) is 0. The first kappa shape index (κ1) is 48.1. The second-order valence-electron chi connectivity index (χ2n) is 21.8. The second kappa shape index (κ2) is 19.4. The van der Waals surface area contributed by atoms with Crippen LogP contribution in [0.1, 0.15) is 11.1 Å². The maximum Gasteiger partial charge on any atom is 0.252 e. The molecule has 0 N–H and O–H groups in total. The lowest BCUT2D eigenvalue weighted by Gasteiger charge is -2.45. The van der Waals surface area contributed by atoms with Crippen LogP contribution in [-0.2, 0) is 0 Å². The Hall–Kier alpha value is -9.88. The van der Waals surface area contributed by atoms with E-state index in [-0.39, 0.29) is 13.4 Å². The summed E-state index contributed by atoms with van der Waals surface area (Å²) in [6.07, 6.45) is 0. The van der Waals surface area contributed by atoms with Gasteiger partial charge < -0.3 is 24.2 Å². The van der Waals surface area contributed by atoms with Gasteiger partial charge in [0.1, 0.15) is 23.0 Å². The van der Waals surface area contributed by atoms with Crippen molar-refractivity contribution in [3.05, 3.63) is 284 Å². The molecular formula is C74H51B2N3O2S. The molecule has 82 heavy (non-hydrogen) atoms. The normalized spacial score (nSPS) is 13.1. The number of benzene rings is 12. The van der Waals surface area contributed by atoms with Gasteiger partial charge in [-0.05, 0) is 159 Å². The maximum absolute atomic E-state index is 7.14. The Bertz CT molecular complexity index is 4490. The van der Waals surface area contributed by atoms with E-state index in [0.717, 1.165) is 90.8 Å². The third-order valence-corrected chi connectivity index (χ3v) is 17.7. The topological polar surface area (TPSA) is 28.2 Å². The molecule has 0 fully saturated rings. The molecule has 0 radical (unpaired) electrons. The van der Waals surface area contributed by atoms with Gasteiger partial charge in [0.15, 0.2) is 0 Å². The van der Waals surface area contributed by atoms with Crippen LogP contribution in [0.2, 0.25) is 0 Å². The van der Waals surface area contributed by atoms with Gasteiger partial charge in [-0.1, -0.05) is 187 Å². The largest absolute Gasteiger partial charge is 0.457 e. The van der Waals surface area contributed by atoms with E-state index in [4.69, 9.17) is 9.47 Å². The first-order valence-corrected chi connectivity index (χ1v) is 28.9. The Morgan fingerprint density at radius 1 is 0.280 bits per heavy atom. The first-order valence-electron chi connectivity index (χ1n) is 28.1. The predicted octanol–water partition coefficient (Wildman–Crippen LogP) is 16.1. The molecule has 12 aromatic carbocycles. The van der Waals surface area contributed by atoms with Crippen molar-refractivity contribution in [2.75, 3.05) is 14.7 Å². The van der Waals surface area contributed by atoms with Gasteiger partial charge in [-0.15, -0.1) is 0 Å². The molecule has 8 heteroatoms. The van der Waals surface area contributed by atoms with E-state index in [0.29, 0.717) is 0 Å². The number of hydrogen-bond acceptors (Lipinski definition) is 6. The lowest BCUT2D eigenvalue weighted by molar-refractivity contribution is 0.482. The Morgan fingerprint density at radius 2 is 0.683 bits per heavy atom. The minimum Gasteiger partial charge on any atom is -0.457 e. The van der Waals surface area contributed by atoms with E-state index in [1.807, 2.05) is 11.8 Å². The Balaban J connectivity index is 0.927. The minimum atomic E-state index is -0.119. The molecule has 4 aliphatic heterocycles. The van der Waals surface area contributed by atoms with Gasteiger partial charge in [0, 0.05) is 79.2 Å². The summed E-state index contributed by atoms with van der Waals surface area (Å²) in [6, 6.07) is 98.8. The summed E-state index contributed by atoms with van der Waals surface area (Å²) in [6.45, 7) is 4.22. The SMILES string of the molecule is Cc1ccc2c(c1)N(c1ccccc1)c1cc(Oc3cccc(-c4ccccc4)c3)cc3c1B2c1cc2c(cc1S3)N(c1ccccc1)c1cc(Oc3cccc(-c4ccccc4)c3)cc3c1B2c1ccc(C)cc1N3c1ccccc1. The van der Waals surface area contributed by atoms with Crippen LogP contribution in [0.15, 0.2) is 283 Å². The van der Waals surface area contributed by atoms with Crippen molar-refractivity contribution < 1.29 is 9.47 Å². The van der Waals surface area contributed by atoms with E-state index >= 15 is 0 Å². The highest BCUT2D eigenvalue weighted by atomic mass is 32.2. The van der Waals surface area contributed by atoms with Crippen molar-refractivity contribution in [3.8, 4) is 45.3 Å². The van der Waals surface area contributed by atoms with Crippen molar-refractivity contribution in [1.29, 1.82) is 0 Å². The van der Waals surface area contributed by atoms with Gasteiger partial charge in [-0.25, -0.2) is 0 Å². The summed E-state index contributed by atoms with van der Waals surface area (Å²) in [5.41, 5.74) is 24.6. The number of fused-ring (bicyclic) bond motifs is 8. The predicted molar refractivity (Wildman–Crippen MR) is 344 cm³/mol. The molecule has 4 heterocycles.